The number of hydrogen-bond donors (Lipinski definition) is 2. The minimum Gasteiger partial charge on any atom is -0.475 e. The molecular formula is C21H20F3N5O3. The first-order chi connectivity index (χ1) is 15.3. The summed E-state index contributed by atoms with van der Waals surface area (Å²) in [6.45, 7) is 1.64. The minimum atomic E-state index is -2.80. The summed E-state index contributed by atoms with van der Waals surface area (Å²) in [4.78, 5) is 23.4. The summed E-state index contributed by atoms with van der Waals surface area (Å²) >= 11 is 0. The van der Waals surface area contributed by atoms with Crippen molar-refractivity contribution in [3.8, 4) is 28.3 Å². The quantitative estimate of drug-likeness (QED) is 0.528. The van der Waals surface area contributed by atoms with Gasteiger partial charge in [0.25, 0.3) is 6.43 Å². The number of nitrogens with two attached hydrogens (primary N) is 1. The van der Waals surface area contributed by atoms with Gasteiger partial charge in [0, 0.05) is 11.3 Å². The summed E-state index contributed by atoms with van der Waals surface area (Å²) in [5, 5.41) is 2.45. The van der Waals surface area contributed by atoms with Crippen molar-refractivity contribution in [1.29, 1.82) is 0 Å². The second-order valence-electron chi connectivity index (χ2n) is 6.61. The van der Waals surface area contributed by atoms with Gasteiger partial charge in [0.1, 0.15) is 18.1 Å². The number of nitrogen functional groups attached to an aromatic ring is 1. The zero-order valence-electron chi connectivity index (χ0n) is 17.2. The average Bonchev–Trinajstić information content (AvgIpc) is 2.76. The highest BCUT2D eigenvalue weighted by molar-refractivity contribution is 5.85. The van der Waals surface area contributed by atoms with E-state index in [0.717, 1.165) is 0 Å². The second-order valence-corrected chi connectivity index (χ2v) is 6.61. The van der Waals surface area contributed by atoms with Gasteiger partial charge in [0.15, 0.2) is 0 Å². The van der Waals surface area contributed by atoms with Crippen LogP contribution in [0.25, 0.3) is 22.4 Å². The maximum Gasteiger partial charge on any atom is 0.406 e. The van der Waals surface area contributed by atoms with Gasteiger partial charge in [0.05, 0.1) is 24.9 Å². The fourth-order valence-corrected chi connectivity index (χ4v) is 2.96. The van der Waals surface area contributed by atoms with Gasteiger partial charge in [-0.15, -0.1) is 0 Å². The summed E-state index contributed by atoms with van der Waals surface area (Å²) in [7, 11) is 1.22. The molecule has 0 saturated heterocycles. The third-order valence-corrected chi connectivity index (χ3v) is 4.29. The zero-order valence-corrected chi connectivity index (χ0v) is 17.2. The Balaban J connectivity index is 2.12. The Kier molecular flexibility index (Phi) is 7.08. The van der Waals surface area contributed by atoms with Gasteiger partial charge in [-0.05, 0) is 48.9 Å². The number of anilines is 1. The fourth-order valence-electron chi connectivity index (χ4n) is 2.96. The Hall–Kier alpha value is -3.89. The Bertz CT molecular complexity index is 1110. The number of rotatable bonds is 7. The molecule has 0 aliphatic carbocycles. The number of methoxy groups -OCH3 is 1. The minimum absolute atomic E-state index is 0.00862. The molecule has 0 saturated carbocycles. The van der Waals surface area contributed by atoms with Crippen LogP contribution in [-0.2, 0) is 4.74 Å². The van der Waals surface area contributed by atoms with Crippen LogP contribution in [0, 0.1) is 12.7 Å². The molecular weight excluding hydrogens is 427 g/mol. The van der Waals surface area contributed by atoms with Crippen molar-refractivity contribution in [2.45, 2.75) is 13.3 Å². The average molecular weight is 447 g/mol. The van der Waals surface area contributed by atoms with E-state index in [1.54, 1.807) is 13.0 Å². The van der Waals surface area contributed by atoms with Crippen molar-refractivity contribution in [2.24, 2.45) is 0 Å². The highest BCUT2D eigenvalue weighted by Gasteiger charge is 2.21. The van der Waals surface area contributed by atoms with Gasteiger partial charge in [0.2, 0.25) is 11.8 Å². The summed E-state index contributed by atoms with van der Waals surface area (Å²) < 4.78 is 50.4. The molecule has 1 aromatic carbocycles. The summed E-state index contributed by atoms with van der Waals surface area (Å²) in [5.41, 5.74) is 7.11. The molecule has 0 spiro atoms. The van der Waals surface area contributed by atoms with E-state index in [0.29, 0.717) is 16.8 Å². The first kappa shape index (κ1) is 22.8. The lowest BCUT2D eigenvalue weighted by Crippen LogP contribution is -2.28. The monoisotopic (exact) mass is 447 g/mol. The van der Waals surface area contributed by atoms with Gasteiger partial charge in [-0.1, -0.05) is 0 Å². The number of amides is 1. The zero-order chi connectivity index (χ0) is 23.3. The number of nitrogens with zero attached hydrogens (tertiary/aromatic N) is 3. The van der Waals surface area contributed by atoms with Crippen LogP contribution >= 0.6 is 0 Å². The molecule has 168 valence electrons. The number of alkyl carbamates (subject to hydrolysis) is 1. The number of carbonyl (C=O) groups excluding carboxylic acids is 1. The van der Waals surface area contributed by atoms with Crippen molar-refractivity contribution >= 4 is 12.0 Å². The van der Waals surface area contributed by atoms with Crippen LogP contribution in [0.5, 0.6) is 5.88 Å². The van der Waals surface area contributed by atoms with E-state index in [4.69, 9.17) is 10.5 Å². The van der Waals surface area contributed by atoms with Crippen molar-refractivity contribution in [3.05, 3.63) is 53.6 Å². The first-order valence-corrected chi connectivity index (χ1v) is 9.43. The number of pyridine rings is 1. The second kappa shape index (κ2) is 9.94. The molecule has 0 unspecified atom stereocenters. The lowest BCUT2D eigenvalue weighted by Gasteiger charge is -2.16. The molecule has 0 fully saturated rings. The number of nitrogens with one attached hydrogen (secondary N) is 1. The predicted molar refractivity (Wildman–Crippen MR) is 111 cm³/mol. The van der Waals surface area contributed by atoms with Crippen molar-refractivity contribution in [3.63, 3.8) is 0 Å². The fraction of sp³-hybridized carbons (Fsp3) is 0.238. The molecule has 8 nitrogen and oxygen atoms in total. The van der Waals surface area contributed by atoms with Gasteiger partial charge >= 0.3 is 6.09 Å². The third-order valence-electron chi connectivity index (χ3n) is 4.29. The molecule has 3 N–H and O–H groups in total. The number of aryl methyl sites for hydroxylation is 1. The third kappa shape index (κ3) is 5.42. The molecule has 0 atom stereocenters. The molecule has 11 heteroatoms. The van der Waals surface area contributed by atoms with Gasteiger partial charge in [-0.3, -0.25) is 4.98 Å². The Labute approximate surface area is 181 Å². The van der Waals surface area contributed by atoms with E-state index in [2.05, 4.69) is 25.0 Å². The lowest BCUT2D eigenvalue weighted by molar-refractivity contribution is 0.146. The lowest BCUT2D eigenvalue weighted by atomic mass is 9.99. The molecule has 0 aliphatic heterocycles. The van der Waals surface area contributed by atoms with Crippen LogP contribution in [0.4, 0.5) is 23.9 Å². The topological polar surface area (TPSA) is 112 Å². The highest BCUT2D eigenvalue weighted by atomic mass is 19.3. The number of hydrogen-bond acceptors (Lipinski definition) is 7. The summed E-state index contributed by atoms with van der Waals surface area (Å²) in [6.07, 6.45) is -3.44. The number of carbonyl (C=O) groups is 1. The van der Waals surface area contributed by atoms with Crippen molar-refractivity contribution < 1.29 is 27.4 Å². The number of benzene rings is 1. The molecule has 2 heterocycles. The Morgan fingerprint density at radius 3 is 2.50 bits per heavy atom. The smallest absolute Gasteiger partial charge is 0.406 e. The molecule has 2 aromatic heterocycles. The van der Waals surface area contributed by atoms with Crippen LogP contribution in [-0.4, -0.2) is 41.3 Å². The van der Waals surface area contributed by atoms with Crippen LogP contribution < -0.4 is 15.8 Å². The summed E-state index contributed by atoms with van der Waals surface area (Å²) in [6, 6.07) is 8.21. The van der Waals surface area contributed by atoms with E-state index in [1.165, 1.54) is 37.4 Å². The van der Waals surface area contributed by atoms with E-state index >= 15 is 0 Å². The predicted octanol–water partition coefficient (Wildman–Crippen LogP) is 3.91. The number of ether oxygens (including phenoxy) is 2. The van der Waals surface area contributed by atoms with Crippen molar-refractivity contribution in [2.75, 3.05) is 26.0 Å². The van der Waals surface area contributed by atoms with Gasteiger partial charge < -0.3 is 20.5 Å². The van der Waals surface area contributed by atoms with E-state index in [1.807, 2.05) is 0 Å². The number of alkyl halides is 2. The van der Waals surface area contributed by atoms with Crippen LogP contribution in [0.15, 0.2) is 36.4 Å². The van der Waals surface area contributed by atoms with E-state index in [9.17, 15) is 18.0 Å². The maximum absolute atomic E-state index is 13.5. The maximum atomic E-state index is 13.5. The number of halogens is 3. The standard InChI is InChI=1S/C21H20F3N5O3/c1-11-9-13(10-15(27-11)18(23)24)16-17(12-3-5-14(22)6-4-12)28-20(25)29-19(16)32-8-7-26-21(30)31-2/h3-6,9-10,18H,7-8H2,1-2H3,(H,26,30)(H2,25,28,29). The molecule has 3 rings (SSSR count). The van der Waals surface area contributed by atoms with E-state index in [-0.39, 0.29) is 36.2 Å². The normalized spacial score (nSPS) is 10.8. The largest absolute Gasteiger partial charge is 0.475 e. The highest BCUT2D eigenvalue weighted by Crippen LogP contribution is 2.39. The van der Waals surface area contributed by atoms with Gasteiger partial charge in [-0.2, -0.15) is 4.98 Å². The molecule has 0 aliphatic rings. The van der Waals surface area contributed by atoms with Gasteiger partial charge in [-0.25, -0.2) is 22.9 Å². The molecule has 32 heavy (non-hydrogen) atoms. The van der Waals surface area contributed by atoms with Crippen LogP contribution in [0.2, 0.25) is 0 Å². The summed E-state index contributed by atoms with van der Waals surface area (Å²) in [5.74, 6) is -0.583. The molecule has 1 amide bonds. The van der Waals surface area contributed by atoms with Crippen LogP contribution in [0.3, 0.4) is 0 Å². The Morgan fingerprint density at radius 2 is 1.84 bits per heavy atom. The molecule has 0 bridgehead atoms. The first-order valence-electron chi connectivity index (χ1n) is 9.43. The van der Waals surface area contributed by atoms with Crippen LogP contribution in [0.1, 0.15) is 17.8 Å². The molecule has 3 aromatic rings. The van der Waals surface area contributed by atoms with E-state index < -0.39 is 24.0 Å². The Morgan fingerprint density at radius 1 is 1.12 bits per heavy atom. The molecule has 0 radical (unpaired) electrons. The SMILES string of the molecule is COC(=O)NCCOc1nc(N)nc(-c2ccc(F)cc2)c1-c1cc(C)nc(C(F)F)c1. The number of aromatic nitrogens is 3. The van der Waals surface area contributed by atoms with Crippen molar-refractivity contribution in [1.82, 2.24) is 20.3 Å².